The second-order valence-corrected chi connectivity index (χ2v) is 12.0. The summed E-state index contributed by atoms with van der Waals surface area (Å²) in [5, 5.41) is 1.75. The molecule has 0 saturated carbocycles. The lowest BCUT2D eigenvalue weighted by Crippen LogP contribution is -2.21. The molecule has 234 valence electrons. The highest BCUT2D eigenvalue weighted by atomic mass is 15.1. The van der Waals surface area contributed by atoms with Crippen LogP contribution in [0, 0.1) is 0 Å². The minimum Gasteiger partial charge on any atom is -0.344 e. The Morgan fingerprint density at radius 1 is 0.540 bits per heavy atom. The summed E-state index contributed by atoms with van der Waals surface area (Å²) in [6, 6.07) is 25.8. The molecule has 9 nitrogen and oxygen atoms in total. The van der Waals surface area contributed by atoms with Gasteiger partial charge in [-0.15, -0.1) is 0 Å². The second-order valence-electron chi connectivity index (χ2n) is 12.0. The van der Waals surface area contributed by atoms with Gasteiger partial charge in [-0.05, 0) is 78.4 Å². The lowest BCUT2D eigenvalue weighted by atomic mass is 9.88. The zero-order valence-corrected chi connectivity index (χ0v) is 26.5. The molecule has 2 aromatic carbocycles. The van der Waals surface area contributed by atoms with Gasteiger partial charge in [0.05, 0.1) is 50.7 Å². The number of fused-ring (bicyclic) bond motifs is 5. The van der Waals surface area contributed by atoms with Gasteiger partial charge in [0.1, 0.15) is 11.4 Å². The molecular formula is C41H25N9. The molecule has 2 aliphatic rings. The molecule has 0 unspecified atom stereocenters. The maximum atomic E-state index is 5.28. The molecule has 0 radical (unpaired) electrons. The summed E-state index contributed by atoms with van der Waals surface area (Å²) in [5.74, 6) is 0.455. The first kappa shape index (κ1) is 28.1. The van der Waals surface area contributed by atoms with E-state index in [0.717, 1.165) is 78.5 Å². The van der Waals surface area contributed by atoms with Crippen molar-refractivity contribution in [1.82, 2.24) is 44.8 Å². The van der Waals surface area contributed by atoms with E-state index in [0.29, 0.717) is 22.9 Å². The third-order valence-corrected chi connectivity index (χ3v) is 9.10. The van der Waals surface area contributed by atoms with Crippen molar-refractivity contribution in [2.24, 2.45) is 0 Å². The fourth-order valence-corrected chi connectivity index (χ4v) is 6.83. The third-order valence-electron chi connectivity index (χ3n) is 9.10. The molecule has 8 heterocycles. The fraction of sp³-hybridized carbons (Fsp3) is 0.0244. The highest BCUT2D eigenvalue weighted by Crippen LogP contribution is 2.43. The summed E-state index contributed by atoms with van der Waals surface area (Å²) in [6.45, 7) is 0.790. The number of aromatic nitrogens is 8. The zero-order chi connectivity index (χ0) is 33.0. The van der Waals surface area contributed by atoms with Crippen LogP contribution in [0.15, 0.2) is 146 Å². The number of para-hydroxylation sites is 2. The average molecular weight is 644 g/mol. The number of allylic oxidation sites excluding steroid dienone is 5. The minimum atomic E-state index is 0.455. The largest absolute Gasteiger partial charge is 0.344 e. The van der Waals surface area contributed by atoms with Crippen molar-refractivity contribution in [3.8, 4) is 34.2 Å². The van der Waals surface area contributed by atoms with E-state index < -0.39 is 0 Å². The van der Waals surface area contributed by atoms with Gasteiger partial charge in [0, 0.05) is 58.9 Å². The summed E-state index contributed by atoms with van der Waals surface area (Å²) in [4.78, 5) is 41.7. The van der Waals surface area contributed by atoms with Gasteiger partial charge in [-0.1, -0.05) is 36.4 Å². The third kappa shape index (κ3) is 4.56. The first-order chi connectivity index (χ1) is 24.8. The van der Waals surface area contributed by atoms with Crippen molar-refractivity contribution in [2.75, 3.05) is 6.54 Å². The molecule has 9 heteroatoms. The maximum Gasteiger partial charge on any atom is 0.181 e. The van der Waals surface area contributed by atoms with Crippen LogP contribution in [0.25, 0.3) is 83.6 Å². The van der Waals surface area contributed by atoms with Crippen LogP contribution < -0.4 is 0 Å². The Hall–Kier alpha value is -7.00. The number of hydrogen-bond donors (Lipinski definition) is 0. The van der Waals surface area contributed by atoms with E-state index in [9.17, 15) is 0 Å². The number of hydrogen-bond acceptors (Lipinski definition) is 9. The highest BCUT2D eigenvalue weighted by Gasteiger charge is 2.26. The van der Waals surface area contributed by atoms with Crippen LogP contribution in [0.5, 0.6) is 0 Å². The van der Waals surface area contributed by atoms with Gasteiger partial charge in [0.2, 0.25) is 0 Å². The first-order valence-electron chi connectivity index (χ1n) is 16.3. The van der Waals surface area contributed by atoms with Crippen molar-refractivity contribution in [1.29, 1.82) is 0 Å². The summed E-state index contributed by atoms with van der Waals surface area (Å²) in [6.07, 6.45) is 19.9. The summed E-state index contributed by atoms with van der Waals surface area (Å²) < 4.78 is 0. The molecule has 0 fully saturated rings. The van der Waals surface area contributed by atoms with Crippen molar-refractivity contribution >= 4 is 49.4 Å². The molecule has 6 aromatic heterocycles. The van der Waals surface area contributed by atoms with Crippen LogP contribution in [-0.2, 0) is 0 Å². The lowest BCUT2D eigenvalue weighted by molar-refractivity contribution is 0.527. The van der Waals surface area contributed by atoms with Gasteiger partial charge >= 0.3 is 0 Å². The Bertz CT molecular complexity index is 2810. The molecular weight excluding hydrogens is 619 g/mol. The monoisotopic (exact) mass is 643 g/mol. The molecule has 2 aliphatic heterocycles. The summed E-state index contributed by atoms with van der Waals surface area (Å²) in [7, 11) is 0. The van der Waals surface area contributed by atoms with Gasteiger partial charge in [-0.2, -0.15) is 0 Å². The molecule has 8 aromatic rings. The first-order valence-corrected chi connectivity index (χ1v) is 16.3. The molecule has 0 atom stereocenters. The predicted octanol–water partition coefficient (Wildman–Crippen LogP) is 8.13. The topological polar surface area (TPSA) is 106 Å². The molecule has 0 bridgehead atoms. The van der Waals surface area contributed by atoms with Crippen molar-refractivity contribution in [3.63, 3.8) is 0 Å². The van der Waals surface area contributed by atoms with E-state index in [4.69, 9.17) is 24.9 Å². The quantitative estimate of drug-likeness (QED) is 0.188. The van der Waals surface area contributed by atoms with Crippen LogP contribution >= 0.6 is 0 Å². The van der Waals surface area contributed by atoms with Gasteiger partial charge < -0.3 is 4.90 Å². The highest BCUT2D eigenvalue weighted by molar-refractivity contribution is 6.12. The molecule has 0 saturated heterocycles. The Labute approximate surface area is 285 Å². The predicted molar refractivity (Wildman–Crippen MR) is 196 cm³/mol. The van der Waals surface area contributed by atoms with Crippen molar-refractivity contribution in [2.45, 2.75) is 0 Å². The van der Waals surface area contributed by atoms with E-state index in [1.165, 1.54) is 0 Å². The van der Waals surface area contributed by atoms with Crippen LogP contribution in [0.1, 0.15) is 5.56 Å². The van der Waals surface area contributed by atoms with Crippen molar-refractivity contribution in [3.05, 3.63) is 151 Å². The molecule has 10 rings (SSSR count). The van der Waals surface area contributed by atoms with Gasteiger partial charge in [-0.3, -0.25) is 19.9 Å². The van der Waals surface area contributed by atoms with Crippen molar-refractivity contribution < 1.29 is 0 Å². The smallest absolute Gasteiger partial charge is 0.181 e. The SMILES string of the molecule is C1=CC2=C(c3ccc4nc(-c5cnc6ccccc6n5)nc(-c5ccc6ncccc6n5)c4c3-c3nccc4ncccc34)C=CCN2C=C1. The Morgan fingerprint density at radius 3 is 2.28 bits per heavy atom. The molecule has 50 heavy (non-hydrogen) atoms. The van der Waals surface area contributed by atoms with Crippen LogP contribution in [0.4, 0.5) is 0 Å². The second kappa shape index (κ2) is 11.3. The Balaban J connectivity index is 1.35. The number of rotatable bonds is 4. The maximum absolute atomic E-state index is 5.28. The summed E-state index contributed by atoms with van der Waals surface area (Å²) in [5.41, 5.74) is 11.5. The lowest BCUT2D eigenvalue weighted by Gasteiger charge is -2.29. The van der Waals surface area contributed by atoms with Crippen LogP contribution in [0.2, 0.25) is 0 Å². The molecule has 0 N–H and O–H groups in total. The van der Waals surface area contributed by atoms with Gasteiger partial charge in [0.15, 0.2) is 5.82 Å². The van der Waals surface area contributed by atoms with Crippen LogP contribution in [0.3, 0.4) is 0 Å². The molecule has 0 amide bonds. The number of nitrogens with zero attached hydrogens (tertiary/aromatic N) is 9. The van der Waals surface area contributed by atoms with E-state index in [1.54, 1.807) is 18.6 Å². The van der Waals surface area contributed by atoms with Gasteiger partial charge in [-0.25, -0.2) is 19.9 Å². The summed E-state index contributed by atoms with van der Waals surface area (Å²) >= 11 is 0. The van der Waals surface area contributed by atoms with E-state index in [-0.39, 0.29) is 0 Å². The van der Waals surface area contributed by atoms with E-state index in [2.05, 4.69) is 74.6 Å². The molecule has 0 aliphatic carbocycles. The zero-order valence-electron chi connectivity index (χ0n) is 26.5. The number of pyridine rings is 4. The normalized spacial score (nSPS) is 14.0. The molecule has 0 spiro atoms. The standard InChI is InChI=1S/C41H25N9/c1-2-11-31-29(10-1)45-24-35(47-31)41-48-33-15-14-26(25-9-7-23-50-22-4-3-13-36(25)50)37(39-27-8-5-19-42-28(27)18-21-44-39)38(33)40(49-41)34-17-16-30-32(46-34)12-6-20-43-30/h1-22,24H,23H2. The fourth-order valence-electron chi connectivity index (χ4n) is 6.83. The Morgan fingerprint density at radius 2 is 1.34 bits per heavy atom. The van der Waals surface area contributed by atoms with E-state index >= 15 is 0 Å². The minimum absolute atomic E-state index is 0.455. The number of benzene rings is 2. The van der Waals surface area contributed by atoms with Gasteiger partial charge in [0.25, 0.3) is 0 Å². The average Bonchev–Trinajstić information content (AvgIpc) is 3.19. The Kier molecular flexibility index (Phi) is 6.35. The van der Waals surface area contributed by atoms with Crippen LogP contribution in [-0.4, -0.2) is 51.3 Å². The van der Waals surface area contributed by atoms with E-state index in [1.807, 2.05) is 66.9 Å².